The highest BCUT2D eigenvalue weighted by Gasteiger charge is 2.26. The molecule has 0 radical (unpaired) electrons. The molecule has 3 rings (SSSR count). The molecule has 124 valence electrons. The fourth-order valence-corrected chi connectivity index (χ4v) is 4.07. The van der Waals surface area contributed by atoms with Crippen LogP contribution in [0.1, 0.15) is 20.9 Å². The number of carbonyl (C=O) groups excluding carboxylic acids is 1. The van der Waals surface area contributed by atoms with Gasteiger partial charge in [0.05, 0.1) is 12.3 Å². The number of nitrogen functional groups attached to an aromatic ring is 1. The van der Waals surface area contributed by atoms with Gasteiger partial charge in [0, 0.05) is 44.4 Å². The van der Waals surface area contributed by atoms with Gasteiger partial charge in [0.15, 0.2) is 0 Å². The van der Waals surface area contributed by atoms with Gasteiger partial charge in [-0.1, -0.05) is 0 Å². The quantitative estimate of drug-likeness (QED) is 0.925. The van der Waals surface area contributed by atoms with Crippen molar-refractivity contribution in [2.45, 2.75) is 13.5 Å². The zero-order chi connectivity index (χ0) is 16.6. The van der Waals surface area contributed by atoms with Gasteiger partial charge >= 0.3 is 0 Å². The van der Waals surface area contributed by atoms with Crippen LogP contribution in [0.5, 0.6) is 0 Å². The van der Waals surface area contributed by atoms with E-state index in [9.17, 15) is 4.79 Å². The number of anilines is 1. The molecule has 2 aromatic rings. The Hall–Kier alpha value is -1.70. The molecule has 0 aromatic carbocycles. The van der Waals surface area contributed by atoms with Gasteiger partial charge in [-0.05, 0) is 25.6 Å². The van der Waals surface area contributed by atoms with Crippen LogP contribution in [0.15, 0.2) is 6.07 Å². The van der Waals surface area contributed by atoms with Gasteiger partial charge in [-0.3, -0.25) is 4.79 Å². The maximum Gasteiger partial charge on any atom is 0.266 e. The molecule has 7 heteroatoms. The molecule has 1 saturated heterocycles. The summed E-state index contributed by atoms with van der Waals surface area (Å²) in [7, 11) is 3.72. The second-order valence-electron chi connectivity index (χ2n) is 5.98. The number of likely N-dealkylation sites (N-methyl/N-ethyl adjacent to an activating group) is 1. The molecule has 0 unspecified atom stereocenters. The number of methoxy groups -OCH3 is 1. The van der Waals surface area contributed by atoms with Crippen molar-refractivity contribution in [3.05, 3.63) is 22.2 Å². The lowest BCUT2D eigenvalue weighted by Gasteiger charge is -2.32. The monoisotopic (exact) mass is 334 g/mol. The third-order valence-electron chi connectivity index (χ3n) is 4.19. The second-order valence-corrected chi connectivity index (χ2v) is 6.98. The first kappa shape index (κ1) is 16.2. The molecule has 0 spiro atoms. The number of hydrogen-bond acceptors (Lipinski definition) is 6. The molecular weight excluding hydrogens is 312 g/mol. The average Bonchev–Trinajstić information content (AvgIpc) is 2.84. The number of pyridine rings is 1. The SMILES string of the molecule is COCc1cc(C)nc2sc(C(=O)N3CCN(C)CC3)c(N)c12. The van der Waals surface area contributed by atoms with Gasteiger partial charge in [0.1, 0.15) is 9.71 Å². The maximum absolute atomic E-state index is 12.8. The van der Waals surface area contributed by atoms with Crippen molar-refractivity contribution >= 4 is 33.1 Å². The summed E-state index contributed by atoms with van der Waals surface area (Å²) in [5, 5.41) is 0.861. The average molecular weight is 334 g/mol. The summed E-state index contributed by atoms with van der Waals surface area (Å²) < 4.78 is 5.26. The molecule has 1 aliphatic rings. The molecule has 2 N–H and O–H groups in total. The minimum absolute atomic E-state index is 0.0135. The first-order valence-electron chi connectivity index (χ1n) is 7.66. The lowest BCUT2D eigenvalue weighted by molar-refractivity contribution is 0.0670. The van der Waals surface area contributed by atoms with E-state index in [2.05, 4.69) is 16.9 Å². The fourth-order valence-electron chi connectivity index (χ4n) is 2.92. The van der Waals surface area contributed by atoms with Crippen LogP contribution in [-0.2, 0) is 11.3 Å². The van der Waals surface area contributed by atoms with Gasteiger partial charge in [-0.15, -0.1) is 11.3 Å². The number of fused-ring (bicyclic) bond motifs is 1. The van der Waals surface area contributed by atoms with Gasteiger partial charge in [0.25, 0.3) is 5.91 Å². The van der Waals surface area contributed by atoms with E-state index >= 15 is 0 Å². The summed E-state index contributed by atoms with van der Waals surface area (Å²) in [4.78, 5) is 22.9. The smallest absolute Gasteiger partial charge is 0.266 e. The number of nitrogens with two attached hydrogens (primary N) is 1. The van der Waals surface area contributed by atoms with Crippen LogP contribution in [0.2, 0.25) is 0 Å². The molecule has 23 heavy (non-hydrogen) atoms. The fraction of sp³-hybridized carbons (Fsp3) is 0.500. The highest BCUT2D eigenvalue weighted by atomic mass is 32.1. The summed E-state index contributed by atoms with van der Waals surface area (Å²) in [5.41, 5.74) is 8.74. The number of aromatic nitrogens is 1. The second kappa shape index (κ2) is 6.43. The number of piperazine rings is 1. The van der Waals surface area contributed by atoms with Gasteiger partial charge in [-0.2, -0.15) is 0 Å². The third kappa shape index (κ3) is 3.04. The Kier molecular flexibility index (Phi) is 4.52. The van der Waals surface area contributed by atoms with E-state index in [4.69, 9.17) is 10.5 Å². The van der Waals surface area contributed by atoms with Crippen molar-refractivity contribution in [1.29, 1.82) is 0 Å². The van der Waals surface area contributed by atoms with Gasteiger partial charge in [0.2, 0.25) is 0 Å². The van der Waals surface area contributed by atoms with Crippen molar-refractivity contribution < 1.29 is 9.53 Å². The topological polar surface area (TPSA) is 71.7 Å². The first-order chi connectivity index (χ1) is 11.0. The number of amides is 1. The van der Waals surface area contributed by atoms with E-state index < -0.39 is 0 Å². The number of nitrogens with zero attached hydrogens (tertiary/aromatic N) is 3. The lowest BCUT2D eigenvalue weighted by atomic mass is 10.1. The Morgan fingerprint density at radius 1 is 1.39 bits per heavy atom. The summed E-state index contributed by atoms with van der Waals surface area (Å²) in [6.45, 7) is 5.66. The van der Waals surface area contributed by atoms with Crippen molar-refractivity contribution in [2.24, 2.45) is 0 Å². The number of carbonyl (C=O) groups is 1. The van der Waals surface area contributed by atoms with Crippen LogP contribution in [0.25, 0.3) is 10.2 Å². The Labute approximate surface area is 139 Å². The zero-order valence-electron chi connectivity index (χ0n) is 13.8. The Morgan fingerprint density at radius 2 is 2.09 bits per heavy atom. The summed E-state index contributed by atoms with van der Waals surface area (Å²) >= 11 is 1.38. The standard InChI is InChI=1S/C16H22N4O2S/c1-10-8-11(9-22-3)12-13(17)14(23-15(12)18-10)16(21)20-6-4-19(2)5-7-20/h8H,4-7,9,17H2,1-3H3. The molecule has 3 heterocycles. The normalized spacial score (nSPS) is 16.2. The van der Waals surface area contributed by atoms with Gasteiger partial charge in [-0.25, -0.2) is 4.98 Å². The van der Waals surface area contributed by atoms with Crippen LogP contribution >= 0.6 is 11.3 Å². The summed E-state index contributed by atoms with van der Waals surface area (Å²) in [6, 6.07) is 1.97. The van der Waals surface area contributed by atoms with Crippen LogP contribution in [0.4, 0.5) is 5.69 Å². The van der Waals surface area contributed by atoms with Crippen LogP contribution in [0.3, 0.4) is 0 Å². The predicted octanol–water partition coefficient (Wildman–Crippen LogP) is 1.72. The Morgan fingerprint density at radius 3 is 2.74 bits per heavy atom. The molecule has 2 aromatic heterocycles. The van der Waals surface area contributed by atoms with E-state index in [1.165, 1.54) is 11.3 Å². The summed E-state index contributed by atoms with van der Waals surface area (Å²) in [6.07, 6.45) is 0. The molecule has 0 atom stereocenters. The molecule has 1 amide bonds. The van der Waals surface area contributed by atoms with Crippen molar-refractivity contribution in [3.63, 3.8) is 0 Å². The van der Waals surface area contributed by atoms with E-state index in [0.717, 1.165) is 47.7 Å². The Balaban J connectivity index is 2.00. The van der Waals surface area contributed by atoms with Crippen molar-refractivity contribution in [2.75, 3.05) is 46.1 Å². The highest BCUT2D eigenvalue weighted by molar-refractivity contribution is 7.21. The maximum atomic E-state index is 12.8. The van der Waals surface area contributed by atoms with E-state index in [1.54, 1.807) is 7.11 Å². The van der Waals surface area contributed by atoms with E-state index in [-0.39, 0.29) is 5.91 Å². The number of aryl methyl sites for hydroxylation is 1. The lowest BCUT2D eigenvalue weighted by Crippen LogP contribution is -2.47. The van der Waals surface area contributed by atoms with E-state index in [0.29, 0.717) is 17.2 Å². The molecule has 6 nitrogen and oxygen atoms in total. The largest absolute Gasteiger partial charge is 0.397 e. The van der Waals surface area contributed by atoms with Gasteiger partial charge < -0.3 is 20.3 Å². The van der Waals surface area contributed by atoms with Crippen LogP contribution in [0, 0.1) is 6.92 Å². The minimum Gasteiger partial charge on any atom is -0.397 e. The molecule has 1 aliphatic heterocycles. The molecular formula is C16H22N4O2S. The Bertz CT molecular complexity index is 735. The minimum atomic E-state index is 0.0135. The first-order valence-corrected chi connectivity index (χ1v) is 8.48. The van der Waals surface area contributed by atoms with Crippen molar-refractivity contribution in [3.8, 4) is 0 Å². The van der Waals surface area contributed by atoms with Crippen molar-refractivity contribution in [1.82, 2.24) is 14.8 Å². The number of thiophene rings is 1. The molecule has 0 saturated carbocycles. The number of hydrogen-bond donors (Lipinski definition) is 1. The number of ether oxygens (including phenoxy) is 1. The molecule has 0 aliphatic carbocycles. The third-order valence-corrected chi connectivity index (χ3v) is 5.28. The van der Waals surface area contributed by atoms with Crippen LogP contribution in [-0.4, -0.2) is 61.0 Å². The van der Waals surface area contributed by atoms with Crippen LogP contribution < -0.4 is 5.73 Å². The predicted molar refractivity (Wildman–Crippen MR) is 92.9 cm³/mol. The number of rotatable bonds is 3. The molecule has 0 bridgehead atoms. The summed E-state index contributed by atoms with van der Waals surface area (Å²) in [5.74, 6) is 0.0135. The van der Waals surface area contributed by atoms with E-state index in [1.807, 2.05) is 17.9 Å². The zero-order valence-corrected chi connectivity index (χ0v) is 14.6. The highest BCUT2D eigenvalue weighted by Crippen LogP contribution is 2.36. The molecule has 1 fully saturated rings.